The van der Waals surface area contributed by atoms with Crippen molar-refractivity contribution in [3.05, 3.63) is 124 Å². The third-order valence-electron chi connectivity index (χ3n) is 5.13. The molecule has 0 fully saturated rings. The van der Waals surface area contributed by atoms with Crippen molar-refractivity contribution in [3.63, 3.8) is 0 Å². The van der Waals surface area contributed by atoms with Crippen LogP contribution in [-0.2, 0) is 13.2 Å². The van der Waals surface area contributed by atoms with Gasteiger partial charge in [-0.15, -0.1) is 0 Å². The van der Waals surface area contributed by atoms with E-state index in [9.17, 15) is 14.0 Å². The molecule has 0 saturated carbocycles. The first-order chi connectivity index (χ1) is 15.5. The molecule has 0 aliphatic rings. The molecule has 2 N–H and O–H groups in total. The molecule has 0 atom stereocenters. The van der Waals surface area contributed by atoms with Gasteiger partial charge in [-0.05, 0) is 47.0 Å². The quantitative estimate of drug-likeness (QED) is 0.475. The van der Waals surface area contributed by atoms with Crippen molar-refractivity contribution in [1.82, 2.24) is 4.57 Å². The van der Waals surface area contributed by atoms with Crippen LogP contribution < -0.4 is 16.0 Å². The molecule has 0 aliphatic heterocycles. The first-order valence-electron chi connectivity index (χ1n) is 10.1. The molecule has 1 aromatic heterocycles. The molecular formula is C26H21FN2O3. The minimum atomic E-state index is -0.672. The van der Waals surface area contributed by atoms with Crippen LogP contribution in [0, 0.1) is 5.82 Å². The van der Waals surface area contributed by atoms with E-state index in [0.29, 0.717) is 17.9 Å². The van der Waals surface area contributed by atoms with Gasteiger partial charge in [-0.3, -0.25) is 9.59 Å². The minimum absolute atomic E-state index is 0.0316. The van der Waals surface area contributed by atoms with Gasteiger partial charge in [0.2, 0.25) is 5.91 Å². The van der Waals surface area contributed by atoms with Crippen LogP contribution in [0.5, 0.6) is 5.75 Å². The van der Waals surface area contributed by atoms with Gasteiger partial charge < -0.3 is 15.0 Å². The highest BCUT2D eigenvalue weighted by atomic mass is 19.1. The van der Waals surface area contributed by atoms with Gasteiger partial charge in [0, 0.05) is 23.4 Å². The molecule has 0 unspecified atom stereocenters. The zero-order valence-electron chi connectivity index (χ0n) is 17.2. The van der Waals surface area contributed by atoms with E-state index in [1.807, 2.05) is 54.6 Å². The summed E-state index contributed by atoms with van der Waals surface area (Å²) in [4.78, 5) is 23.0. The average Bonchev–Trinajstić information content (AvgIpc) is 2.80. The van der Waals surface area contributed by atoms with Crippen molar-refractivity contribution in [2.24, 2.45) is 5.73 Å². The van der Waals surface area contributed by atoms with E-state index in [-0.39, 0.29) is 17.7 Å². The molecule has 160 valence electrons. The van der Waals surface area contributed by atoms with Gasteiger partial charge in [-0.25, -0.2) is 4.39 Å². The summed E-state index contributed by atoms with van der Waals surface area (Å²) < 4.78 is 21.4. The SMILES string of the molecule is NC(=O)c1ccc(COc2ccc(-c3ccc(Cn4ccccc4=O)cc3)cc2)c(F)c1. The monoisotopic (exact) mass is 428 g/mol. The largest absolute Gasteiger partial charge is 0.489 e. The first kappa shape index (κ1) is 21.1. The molecular weight excluding hydrogens is 407 g/mol. The van der Waals surface area contributed by atoms with Gasteiger partial charge in [-0.2, -0.15) is 0 Å². The maximum Gasteiger partial charge on any atom is 0.250 e. The van der Waals surface area contributed by atoms with E-state index in [1.165, 1.54) is 12.1 Å². The van der Waals surface area contributed by atoms with Crippen LogP contribution in [0.3, 0.4) is 0 Å². The number of primary amides is 1. The maximum atomic E-state index is 14.1. The van der Waals surface area contributed by atoms with Crippen LogP contribution in [0.4, 0.5) is 4.39 Å². The van der Waals surface area contributed by atoms with Crippen LogP contribution in [0.15, 0.2) is 95.9 Å². The van der Waals surface area contributed by atoms with Gasteiger partial charge in [0.25, 0.3) is 5.56 Å². The molecule has 1 heterocycles. The smallest absolute Gasteiger partial charge is 0.250 e. The second kappa shape index (κ2) is 9.31. The minimum Gasteiger partial charge on any atom is -0.489 e. The summed E-state index contributed by atoms with van der Waals surface area (Å²) >= 11 is 0. The number of halogens is 1. The van der Waals surface area contributed by atoms with Crippen molar-refractivity contribution < 1.29 is 13.9 Å². The van der Waals surface area contributed by atoms with Crippen molar-refractivity contribution >= 4 is 5.91 Å². The molecule has 4 rings (SSSR count). The Bertz CT molecular complexity index is 1300. The number of carbonyl (C=O) groups excluding carboxylic acids is 1. The van der Waals surface area contributed by atoms with E-state index in [2.05, 4.69) is 0 Å². The summed E-state index contributed by atoms with van der Waals surface area (Å²) in [5.41, 5.74) is 8.67. The summed E-state index contributed by atoms with van der Waals surface area (Å²) in [6, 6.07) is 24.7. The third kappa shape index (κ3) is 4.92. The zero-order chi connectivity index (χ0) is 22.5. The lowest BCUT2D eigenvalue weighted by Crippen LogP contribution is -2.18. The van der Waals surface area contributed by atoms with E-state index in [4.69, 9.17) is 10.5 Å². The van der Waals surface area contributed by atoms with Crippen LogP contribution >= 0.6 is 0 Å². The molecule has 0 bridgehead atoms. The van der Waals surface area contributed by atoms with Gasteiger partial charge in [-0.1, -0.05) is 48.5 Å². The Balaban J connectivity index is 1.40. The number of nitrogens with two attached hydrogens (primary N) is 1. The highest BCUT2D eigenvalue weighted by Crippen LogP contribution is 2.24. The Labute approximate surface area is 184 Å². The fourth-order valence-corrected chi connectivity index (χ4v) is 3.31. The summed E-state index contributed by atoms with van der Waals surface area (Å²) in [6.45, 7) is 0.557. The molecule has 0 radical (unpaired) electrons. The van der Waals surface area contributed by atoms with Crippen LogP contribution in [0.2, 0.25) is 0 Å². The second-order valence-electron chi connectivity index (χ2n) is 7.35. The van der Waals surface area contributed by atoms with E-state index in [1.54, 1.807) is 22.9 Å². The summed E-state index contributed by atoms with van der Waals surface area (Å²) in [6.07, 6.45) is 1.77. The number of ether oxygens (including phenoxy) is 1. The summed E-state index contributed by atoms with van der Waals surface area (Å²) in [5.74, 6) is -0.600. The summed E-state index contributed by atoms with van der Waals surface area (Å²) in [5, 5.41) is 0. The van der Waals surface area contributed by atoms with Crippen LogP contribution in [0.1, 0.15) is 21.5 Å². The number of amides is 1. The molecule has 4 aromatic rings. The highest BCUT2D eigenvalue weighted by Gasteiger charge is 2.08. The first-order valence-corrected chi connectivity index (χ1v) is 10.1. The Hall–Kier alpha value is -4.19. The van der Waals surface area contributed by atoms with Gasteiger partial charge >= 0.3 is 0 Å². The Morgan fingerprint density at radius 2 is 1.59 bits per heavy atom. The topological polar surface area (TPSA) is 74.3 Å². The molecule has 0 saturated heterocycles. The zero-order valence-corrected chi connectivity index (χ0v) is 17.2. The predicted molar refractivity (Wildman–Crippen MR) is 121 cm³/mol. The second-order valence-corrected chi connectivity index (χ2v) is 7.35. The lowest BCUT2D eigenvalue weighted by molar-refractivity contribution is 0.0999. The van der Waals surface area contributed by atoms with E-state index >= 15 is 0 Å². The Morgan fingerprint density at radius 3 is 2.22 bits per heavy atom. The van der Waals surface area contributed by atoms with E-state index in [0.717, 1.165) is 22.8 Å². The molecule has 0 aliphatic carbocycles. The van der Waals surface area contributed by atoms with Gasteiger partial charge in [0.15, 0.2) is 0 Å². The van der Waals surface area contributed by atoms with Crippen molar-refractivity contribution in [3.8, 4) is 16.9 Å². The predicted octanol–water partition coefficient (Wildman–Crippen LogP) is 4.38. The number of aromatic nitrogens is 1. The van der Waals surface area contributed by atoms with Crippen LogP contribution in [-0.4, -0.2) is 10.5 Å². The fourth-order valence-electron chi connectivity index (χ4n) is 3.31. The number of pyridine rings is 1. The lowest BCUT2D eigenvalue weighted by Gasteiger charge is -2.10. The molecule has 6 heteroatoms. The Morgan fingerprint density at radius 1 is 0.906 bits per heavy atom. The molecule has 32 heavy (non-hydrogen) atoms. The van der Waals surface area contributed by atoms with Crippen molar-refractivity contribution in [2.75, 3.05) is 0 Å². The molecule has 1 amide bonds. The number of carbonyl (C=O) groups is 1. The molecule has 5 nitrogen and oxygen atoms in total. The van der Waals surface area contributed by atoms with E-state index < -0.39 is 11.7 Å². The number of hydrogen-bond donors (Lipinski definition) is 1. The third-order valence-corrected chi connectivity index (χ3v) is 5.13. The summed E-state index contributed by atoms with van der Waals surface area (Å²) in [7, 11) is 0. The van der Waals surface area contributed by atoms with Gasteiger partial charge in [0.05, 0.1) is 6.54 Å². The van der Waals surface area contributed by atoms with Crippen molar-refractivity contribution in [2.45, 2.75) is 13.2 Å². The highest BCUT2D eigenvalue weighted by molar-refractivity contribution is 5.92. The molecule has 0 spiro atoms. The van der Waals surface area contributed by atoms with Crippen molar-refractivity contribution in [1.29, 1.82) is 0 Å². The normalized spacial score (nSPS) is 10.7. The standard InChI is InChI=1S/C26H21FN2O3/c27-24-15-21(26(28)31)8-9-22(24)17-32-23-12-10-20(11-13-23)19-6-4-18(5-7-19)16-29-14-2-1-3-25(29)30/h1-15H,16-17H2,(H2,28,31). The van der Waals surface area contributed by atoms with Crippen LogP contribution in [0.25, 0.3) is 11.1 Å². The lowest BCUT2D eigenvalue weighted by atomic mass is 10.0. The molecule has 3 aromatic carbocycles. The number of rotatable bonds is 7. The average molecular weight is 428 g/mol. The number of benzene rings is 3. The number of hydrogen-bond acceptors (Lipinski definition) is 3. The van der Waals surface area contributed by atoms with Gasteiger partial charge in [0.1, 0.15) is 18.2 Å². The Kier molecular flexibility index (Phi) is 6.12. The number of nitrogens with zero attached hydrogens (tertiary/aromatic N) is 1. The maximum absolute atomic E-state index is 14.1. The fraction of sp³-hybridized carbons (Fsp3) is 0.0769.